The third-order valence-electron chi connectivity index (χ3n) is 5.03. The number of carbonyl (C=O) groups is 2. The molecule has 1 heterocycles. The van der Waals surface area contributed by atoms with E-state index >= 15 is 0 Å². The number of ether oxygens (including phenoxy) is 1. The summed E-state index contributed by atoms with van der Waals surface area (Å²) < 4.78 is 5.32. The molecule has 1 saturated carbocycles. The molecule has 0 aromatic heterocycles. The van der Waals surface area contributed by atoms with Crippen LogP contribution < -0.4 is 5.32 Å². The minimum Gasteiger partial charge on any atom is -0.381 e. The molecule has 2 fully saturated rings. The summed E-state index contributed by atoms with van der Waals surface area (Å²) in [6.07, 6.45) is 2.78. The number of carbonyl (C=O) groups excluding carboxylic acids is 2. The molecule has 1 saturated heterocycles. The highest BCUT2D eigenvalue weighted by Gasteiger charge is 2.49. The zero-order valence-corrected chi connectivity index (χ0v) is 13.8. The van der Waals surface area contributed by atoms with Crippen LogP contribution in [-0.2, 0) is 14.3 Å². The van der Waals surface area contributed by atoms with Crippen molar-refractivity contribution in [1.29, 1.82) is 0 Å². The summed E-state index contributed by atoms with van der Waals surface area (Å²) in [5, 5.41) is 2.95. The minimum atomic E-state index is -0.376. The average molecular weight is 296 g/mol. The second-order valence-electron chi connectivity index (χ2n) is 6.79. The Bertz CT molecular complexity index is 404. The van der Waals surface area contributed by atoms with Crippen molar-refractivity contribution in [2.75, 3.05) is 7.11 Å². The lowest BCUT2D eigenvalue weighted by Gasteiger charge is -2.50. The smallest absolute Gasteiger partial charge is 0.246 e. The number of nitrogens with one attached hydrogen (secondary N) is 1. The Morgan fingerprint density at radius 2 is 1.90 bits per heavy atom. The second kappa shape index (κ2) is 6.34. The molecule has 21 heavy (non-hydrogen) atoms. The quantitative estimate of drug-likeness (QED) is 0.837. The van der Waals surface area contributed by atoms with E-state index in [1.165, 1.54) is 0 Å². The van der Waals surface area contributed by atoms with Gasteiger partial charge in [-0.1, -0.05) is 34.1 Å². The summed E-state index contributed by atoms with van der Waals surface area (Å²) in [4.78, 5) is 27.2. The SMILES string of the molecule is CCC(C)C1NC(=O)C(C(C)C)N(C2CC(OC)C2)C1=O. The Morgan fingerprint density at radius 1 is 1.29 bits per heavy atom. The van der Waals surface area contributed by atoms with E-state index in [9.17, 15) is 9.59 Å². The van der Waals surface area contributed by atoms with Crippen LogP contribution in [0.3, 0.4) is 0 Å². The van der Waals surface area contributed by atoms with Gasteiger partial charge in [-0.25, -0.2) is 0 Å². The summed E-state index contributed by atoms with van der Waals surface area (Å²) in [5.41, 5.74) is 0. The molecule has 0 aromatic carbocycles. The maximum Gasteiger partial charge on any atom is 0.246 e. The fraction of sp³-hybridized carbons (Fsp3) is 0.875. The lowest BCUT2D eigenvalue weighted by Crippen LogP contribution is -2.70. The fourth-order valence-corrected chi connectivity index (χ4v) is 3.33. The molecular weight excluding hydrogens is 268 g/mol. The van der Waals surface area contributed by atoms with Gasteiger partial charge in [0.25, 0.3) is 0 Å². The summed E-state index contributed by atoms with van der Waals surface area (Å²) in [7, 11) is 1.70. The van der Waals surface area contributed by atoms with E-state index in [4.69, 9.17) is 4.74 Å². The molecule has 5 nitrogen and oxygen atoms in total. The zero-order chi connectivity index (χ0) is 15.7. The van der Waals surface area contributed by atoms with Crippen molar-refractivity contribution >= 4 is 11.8 Å². The largest absolute Gasteiger partial charge is 0.381 e. The minimum absolute atomic E-state index is 0.00392. The first kappa shape index (κ1) is 16.3. The molecule has 0 bridgehead atoms. The highest BCUT2D eigenvalue weighted by molar-refractivity contribution is 5.97. The number of rotatable bonds is 5. The van der Waals surface area contributed by atoms with Gasteiger partial charge in [-0.3, -0.25) is 9.59 Å². The summed E-state index contributed by atoms with van der Waals surface area (Å²) in [6, 6.07) is -0.577. The molecule has 1 N–H and O–H groups in total. The van der Waals surface area contributed by atoms with Crippen LogP contribution in [0.15, 0.2) is 0 Å². The molecule has 3 atom stereocenters. The van der Waals surface area contributed by atoms with E-state index in [-0.39, 0.29) is 47.9 Å². The number of piperazine rings is 1. The lowest BCUT2D eigenvalue weighted by atomic mass is 9.82. The van der Waals surface area contributed by atoms with Crippen LogP contribution in [0.5, 0.6) is 0 Å². The van der Waals surface area contributed by atoms with E-state index in [1.807, 2.05) is 32.6 Å². The monoisotopic (exact) mass is 296 g/mol. The van der Waals surface area contributed by atoms with Gasteiger partial charge in [-0.15, -0.1) is 0 Å². The van der Waals surface area contributed by atoms with Gasteiger partial charge >= 0.3 is 0 Å². The zero-order valence-electron chi connectivity index (χ0n) is 13.8. The number of hydrogen-bond acceptors (Lipinski definition) is 3. The standard InChI is InChI=1S/C16H28N2O3/c1-6-10(4)13-16(20)18(11-7-12(8-11)21-5)14(9(2)3)15(19)17-13/h9-14H,6-8H2,1-5H3,(H,17,19). The number of amides is 2. The third-order valence-corrected chi connectivity index (χ3v) is 5.03. The Morgan fingerprint density at radius 3 is 2.38 bits per heavy atom. The van der Waals surface area contributed by atoms with Gasteiger partial charge in [0, 0.05) is 13.2 Å². The van der Waals surface area contributed by atoms with Gasteiger partial charge in [-0.05, 0) is 24.7 Å². The fourth-order valence-electron chi connectivity index (χ4n) is 3.33. The van der Waals surface area contributed by atoms with Gasteiger partial charge < -0.3 is 15.0 Å². The summed E-state index contributed by atoms with van der Waals surface area (Å²) >= 11 is 0. The van der Waals surface area contributed by atoms with Gasteiger partial charge in [0.2, 0.25) is 11.8 Å². The molecule has 0 aromatic rings. The average Bonchev–Trinajstić information content (AvgIpc) is 2.39. The van der Waals surface area contributed by atoms with Gasteiger partial charge in [0.05, 0.1) is 6.10 Å². The van der Waals surface area contributed by atoms with Gasteiger partial charge in [0.15, 0.2) is 0 Å². The van der Waals surface area contributed by atoms with Crippen molar-refractivity contribution in [2.45, 2.75) is 71.2 Å². The van der Waals surface area contributed by atoms with Crippen molar-refractivity contribution in [3.8, 4) is 0 Å². The molecule has 2 aliphatic rings. The van der Waals surface area contributed by atoms with Crippen LogP contribution >= 0.6 is 0 Å². The van der Waals surface area contributed by atoms with Crippen molar-refractivity contribution in [3.63, 3.8) is 0 Å². The second-order valence-corrected chi connectivity index (χ2v) is 6.79. The van der Waals surface area contributed by atoms with Crippen LogP contribution in [0.25, 0.3) is 0 Å². The van der Waals surface area contributed by atoms with E-state index in [2.05, 4.69) is 5.32 Å². The first-order chi connectivity index (χ1) is 9.90. The number of hydrogen-bond donors (Lipinski definition) is 1. The van der Waals surface area contributed by atoms with E-state index in [1.54, 1.807) is 7.11 Å². The van der Waals surface area contributed by atoms with Gasteiger partial charge in [0.1, 0.15) is 12.1 Å². The molecule has 120 valence electrons. The van der Waals surface area contributed by atoms with Crippen LogP contribution in [-0.4, -0.2) is 48.1 Å². The van der Waals surface area contributed by atoms with Crippen LogP contribution in [0.2, 0.25) is 0 Å². The molecule has 0 spiro atoms. The van der Waals surface area contributed by atoms with Crippen LogP contribution in [0.1, 0.15) is 47.0 Å². The summed E-state index contributed by atoms with van der Waals surface area (Å²) in [5.74, 6) is 0.363. The number of nitrogens with zero attached hydrogens (tertiary/aromatic N) is 1. The van der Waals surface area contributed by atoms with Crippen molar-refractivity contribution in [2.24, 2.45) is 11.8 Å². The molecule has 3 unspecified atom stereocenters. The van der Waals surface area contributed by atoms with Crippen molar-refractivity contribution in [3.05, 3.63) is 0 Å². The molecule has 0 radical (unpaired) electrons. The molecule has 5 heteroatoms. The van der Waals surface area contributed by atoms with E-state index < -0.39 is 0 Å². The van der Waals surface area contributed by atoms with Crippen LogP contribution in [0, 0.1) is 11.8 Å². The normalized spacial score (nSPS) is 34.7. The van der Waals surface area contributed by atoms with Gasteiger partial charge in [-0.2, -0.15) is 0 Å². The highest BCUT2D eigenvalue weighted by Crippen LogP contribution is 2.34. The van der Waals surface area contributed by atoms with Crippen molar-refractivity contribution < 1.29 is 14.3 Å². The Kier molecular flexibility index (Phi) is 4.91. The topological polar surface area (TPSA) is 58.6 Å². The molecule has 2 rings (SSSR count). The molecular formula is C16H28N2O3. The van der Waals surface area contributed by atoms with E-state index in [0.29, 0.717) is 0 Å². The predicted molar refractivity (Wildman–Crippen MR) is 80.7 cm³/mol. The lowest BCUT2D eigenvalue weighted by molar-refractivity contribution is -0.161. The number of methoxy groups -OCH3 is 1. The van der Waals surface area contributed by atoms with Crippen LogP contribution in [0.4, 0.5) is 0 Å². The Balaban J connectivity index is 2.21. The van der Waals surface area contributed by atoms with Crippen molar-refractivity contribution in [1.82, 2.24) is 10.2 Å². The maximum absolute atomic E-state index is 12.9. The Hall–Kier alpha value is -1.10. The third kappa shape index (κ3) is 2.93. The first-order valence-electron chi connectivity index (χ1n) is 8.06. The molecule has 1 aliphatic carbocycles. The maximum atomic E-state index is 12.9. The first-order valence-corrected chi connectivity index (χ1v) is 8.06. The Labute approximate surface area is 127 Å². The predicted octanol–water partition coefficient (Wildman–Crippen LogP) is 1.56. The van der Waals surface area contributed by atoms with E-state index in [0.717, 1.165) is 19.3 Å². The molecule has 2 amide bonds. The molecule has 1 aliphatic heterocycles. The highest BCUT2D eigenvalue weighted by atomic mass is 16.5. The summed E-state index contributed by atoms with van der Waals surface area (Å²) in [6.45, 7) is 8.07.